The Morgan fingerprint density at radius 1 is 1.13 bits per heavy atom. The molecule has 1 aliphatic rings. The second-order valence-electron chi connectivity index (χ2n) is 6.53. The molecular formula is C17H26N2O3S. The zero-order valence-electron chi connectivity index (χ0n) is 14.0. The molecule has 0 saturated carbocycles. The molecule has 1 fully saturated rings. The van der Waals surface area contributed by atoms with Crippen LogP contribution in [0.1, 0.15) is 33.6 Å². The molecule has 0 aromatic heterocycles. The number of nitrogens with zero attached hydrogens (tertiary/aromatic N) is 1. The van der Waals surface area contributed by atoms with Crippen LogP contribution in [0.3, 0.4) is 0 Å². The van der Waals surface area contributed by atoms with Gasteiger partial charge in [-0.05, 0) is 37.8 Å². The van der Waals surface area contributed by atoms with Crippen LogP contribution in [0, 0.1) is 11.8 Å². The summed E-state index contributed by atoms with van der Waals surface area (Å²) in [6.07, 6.45) is 1.14. The Balaban J connectivity index is 1.95. The van der Waals surface area contributed by atoms with Crippen LogP contribution in [-0.2, 0) is 14.8 Å². The first-order valence-corrected chi connectivity index (χ1v) is 9.62. The van der Waals surface area contributed by atoms with Gasteiger partial charge < -0.3 is 5.32 Å². The quantitative estimate of drug-likeness (QED) is 0.895. The molecule has 0 bridgehead atoms. The minimum Gasteiger partial charge on any atom is -0.353 e. The summed E-state index contributed by atoms with van der Waals surface area (Å²) in [5.74, 6) is 0.332. The maximum atomic E-state index is 12.6. The molecule has 1 heterocycles. The van der Waals surface area contributed by atoms with Crippen molar-refractivity contribution in [2.45, 2.75) is 44.6 Å². The lowest BCUT2D eigenvalue weighted by atomic mass is 9.96. The second kappa shape index (κ2) is 7.45. The monoisotopic (exact) mass is 338 g/mol. The van der Waals surface area contributed by atoms with Crippen LogP contribution in [0.15, 0.2) is 35.2 Å². The lowest BCUT2D eigenvalue weighted by molar-refractivity contribution is -0.127. The number of nitrogens with one attached hydrogen (secondary N) is 1. The number of carbonyl (C=O) groups is 1. The number of amides is 1. The summed E-state index contributed by atoms with van der Waals surface area (Å²) in [7, 11) is -3.45. The normalized spacial score (nSPS) is 18.8. The topological polar surface area (TPSA) is 66.5 Å². The van der Waals surface area contributed by atoms with E-state index in [0.717, 1.165) is 0 Å². The predicted molar refractivity (Wildman–Crippen MR) is 90.4 cm³/mol. The molecule has 1 amide bonds. The maximum Gasteiger partial charge on any atom is 0.243 e. The molecule has 1 N–H and O–H groups in total. The van der Waals surface area contributed by atoms with Crippen LogP contribution in [0.4, 0.5) is 0 Å². The van der Waals surface area contributed by atoms with Crippen molar-refractivity contribution in [1.29, 1.82) is 0 Å². The van der Waals surface area contributed by atoms with E-state index in [1.165, 1.54) is 4.31 Å². The van der Waals surface area contributed by atoms with Gasteiger partial charge in [-0.1, -0.05) is 32.0 Å². The van der Waals surface area contributed by atoms with E-state index in [1.54, 1.807) is 30.3 Å². The molecule has 23 heavy (non-hydrogen) atoms. The molecule has 2 rings (SSSR count). The van der Waals surface area contributed by atoms with E-state index in [-0.39, 0.29) is 17.9 Å². The molecule has 0 radical (unpaired) electrons. The average Bonchev–Trinajstić information content (AvgIpc) is 2.55. The van der Waals surface area contributed by atoms with Gasteiger partial charge in [0.2, 0.25) is 15.9 Å². The summed E-state index contributed by atoms with van der Waals surface area (Å²) in [5.41, 5.74) is 0. The van der Waals surface area contributed by atoms with Crippen molar-refractivity contribution in [3.63, 3.8) is 0 Å². The van der Waals surface area contributed by atoms with E-state index in [1.807, 2.05) is 6.92 Å². The highest BCUT2D eigenvalue weighted by molar-refractivity contribution is 7.89. The minimum atomic E-state index is -3.45. The van der Waals surface area contributed by atoms with Gasteiger partial charge in [0, 0.05) is 25.0 Å². The maximum absolute atomic E-state index is 12.6. The Morgan fingerprint density at radius 3 is 2.22 bits per heavy atom. The van der Waals surface area contributed by atoms with E-state index >= 15 is 0 Å². The molecule has 1 aliphatic heterocycles. The number of hydrogen-bond acceptors (Lipinski definition) is 3. The molecule has 128 valence electrons. The lowest BCUT2D eigenvalue weighted by Crippen LogP contribution is -2.45. The highest BCUT2D eigenvalue weighted by atomic mass is 32.2. The molecule has 0 unspecified atom stereocenters. The smallest absolute Gasteiger partial charge is 0.243 e. The molecule has 0 spiro atoms. The fraction of sp³-hybridized carbons (Fsp3) is 0.588. The fourth-order valence-corrected chi connectivity index (χ4v) is 4.10. The molecule has 6 heteroatoms. The number of piperidine rings is 1. The van der Waals surface area contributed by atoms with Crippen LogP contribution < -0.4 is 5.32 Å². The van der Waals surface area contributed by atoms with Crippen molar-refractivity contribution in [2.24, 2.45) is 11.8 Å². The summed E-state index contributed by atoms with van der Waals surface area (Å²) in [5, 5.41) is 3.03. The second-order valence-corrected chi connectivity index (χ2v) is 8.47. The lowest BCUT2D eigenvalue weighted by Gasteiger charge is -2.31. The van der Waals surface area contributed by atoms with Crippen molar-refractivity contribution in [1.82, 2.24) is 9.62 Å². The van der Waals surface area contributed by atoms with Gasteiger partial charge in [0.1, 0.15) is 0 Å². The van der Waals surface area contributed by atoms with Gasteiger partial charge in [-0.3, -0.25) is 4.79 Å². The van der Waals surface area contributed by atoms with Gasteiger partial charge in [0.05, 0.1) is 4.90 Å². The van der Waals surface area contributed by atoms with E-state index in [4.69, 9.17) is 0 Å². The summed E-state index contributed by atoms with van der Waals surface area (Å²) in [6, 6.07) is 8.59. The number of rotatable bonds is 5. The van der Waals surface area contributed by atoms with E-state index in [9.17, 15) is 13.2 Å². The summed E-state index contributed by atoms with van der Waals surface area (Å²) in [6.45, 7) is 6.92. The van der Waals surface area contributed by atoms with Crippen LogP contribution in [0.5, 0.6) is 0 Å². The van der Waals surface area contributed by atoms with Gasteiger partial charge in [0.25, 0.3) is 0 Å². The van der Waals surface area contributed by atoms with Gasteiger partial charge in [0.15, 0.2) is 0 Å². The van der Waals surface area contributed by atoms with E-state index < -0.39 is 10.0 Å². The number of carbonyl (C=O) groups excluding carboxylic acids is 1. The standard InChI is InChI=1S/C17H26N2O3S/c1-13(2)14(3)18-17(20)15-9-11-19(12-10-15)23(21,22)16-7-5-4-6-8-16/h4-8,13-15H,9-12H2,1-3H3,(H,18,20)/t14-/m0/s1. The molecule has 1 aromatic rings. The van der Waals surface area contributed by atoms with Crippen LogP contribution >= 0.6 is 0 Å². The van der Waals surface area contributed by atoms with Gasteiger partial charge in [-0.15, -0.1) is 0 Å². The van der Waals surface area contributed by atoms with E-state index in [0.29, 0.717) is 36.7 Å². The van der Waals surface area contributed by atoms with Crippen LogP contribution in [0.2, 0.25) is 0 Å². The first kappa shape index (κ1) is 17.9. The van der Waals surface area contributed by atoms with Crippen molar-refractivity contribution < 1.29 is 13.2 Å². The van der Waals surface area contributed by atoms with Crippen molar-refractivity contribution >= 4 is 15.9 Å². The molecule has 0 aliphatic carbocycles. The summed E-state index contributed by atoms with van der Waals surface area (Å²) >= 11 is 0. The SMILES string of the molecule is CC(C)[C@H](C)NC(=O)C1CCN(S(=O)(=O)c2ccccc2)CC1. The highest BCUT2D eigenvalue weighted by Gasteiger charge is 2.32. The molecule has 1 saturated heterocycles. The van der Waals surface area contributed by atoms with Gasteiger partial charge in [-0.25, -0.2) is 8.42 Å². The Labute approximate surface area is 139 Å². The molecule has 5 nitrogen and oxygen atoms in total. The number of hydrogen-bond donors (Lipinski definition) is 1. The van der Waals surface area contributed by atoms with Crippen molar-refractivity contribution in [3.05, 3.63) is 30.3 Å². The highest BCUT2D eigenvalue weighted by Crippen LogP contribution is 2.24. The molecule has 1 aromatic carbocycles. The van der Waals surface area contributed by atoms with Crippen molar-refractivity contribution in [3.8, 4) is 0 Å². The van der Waals surface area contributed by atoms with Crippen LogP contribution in [0.25, 0.3) is 0 Å². The third-order valence-corrected chi connectivity index (χ3v) is 6.49. The Bertz CT molecular complexity index is 620. The van der Waals surface area contributed by atoms with Gasteiger partial charge in [-0.2, -0.15) is 4.31 Å². The Morgan fingerprint density at radius 2 is 1.70 bits per heavy atom. The number of benzene rings is 1. The zero-order chi connectivity index (χ0) is 17.0. The fourth-order valence-electron chi connectivity index (χ4n) is 2.61. The largest absolute Gasteiger partial charge is 0.353 e. The Hall–Kier alpha value is -1.40. The first-order chi connectivity index (χ1) is 10.8. The predicted octanol–water partition coefficient (Wildman–Crippen LogP) is 2.25. The Kier molecular flexibility index (Phi) is 5.81. The average molecular weight is 338 g/mol. The molecule has 1 atom stereocenters. The number of sulfonamides is 1. The molecular weight excluding hydrogens is 312 g/mol. The third-order valence-electron chi connectivity index (χ3n) is 4.58. The minimum absolute atomic E-state index is 0.0444. The third kappa shape index (κ3) is 4.32. The summed E-state index contributed by atoms with van der Waals surface area (Å²) < 4.78 is 26.6. The van der Waals surface area contributed by atoms with Gasteiger partial charge >= 0.3 is 0 Å². The summed E-state index contributed by atoms with van der Waals surface area (Å²) in [4.78, 5) is 12.6. The van der Waals surface area contributed by atoms with E-state index in [2.05, 4.69) is 19.2 Å². The first-order valence-electron chi connectivity index (χ1n) is 8.18. The zero-order valence-corrected chi connectivity index (χ0v) is 14.8. The van der Waals surface area contributed by atoms with Crippen LogP contribution in [-0.4, -0.2) is 37.8 Å². The van der Waals surface area contributed by atoms with Crippen molar-refractivity contribution in [2.75, 3.05) is 13.1 Å².